The second kappa shape index (κ2) is 7.29. The number of hydrogen-bond donors (Lipinski definition) is 1. The van der Waals surface area contributed by atoms with Gasteiger partial charge in [-0.1, -0.05) is 42.5 Å². The van der Waals surface area contributed by atoms with E-state index < -0.39 is 11.1 Å². The number of alkyl halides is 3. The molecule has 0 radical (unpaired) electrons. The highest BCUT2D eigenvalue weighted by Crippen LogP contribution is 2.43. The first-order chi connectivity index (χ1) is 12.0. The average Bonchev–Trinajstić information content (AvgIpc) is 3.06. The predicted molar refractivity (Wildman–Crippen MR) is 93.4 cm³/mol. The molecule has 6 heteroatoms. The molecule has 0 aliphatic heterocycles. The van der Waals surface area contributed by atoms with E-state index in [4.69, 9.17) is 10.5 Å². The maximum atomic E-state index is 13.4. The highest BCUT2D eigenvalue weighted by atomic mass is 32.1. The van der Waals surface area contributed by atoms with Gasteiger partial charge in [-0.2, -0.15) is 13.2 Å². The summed E-state index contributed by atoms with van der Waals surface area (Å²) in [6.45, 7) is 0.517. The van der Waals surface area contributed by atoms with E-state index in [2.05, 4.69) is 0 Å². The molecule has 1 heterocycles. The third kappa shape index (κ3) is 4.21. The molecule has 25 heavy (non-hydrogen) atoms. The number of hydrogen-bond acceptors (Lipinski definition) is 3. The van der Waals surface area contributed by atoms with Gasteiger partial charge in [0.25, 0.3) is 0 Å². The number of benzene rings is 2. The lowest BCUT2D eigenvalue weighted by Gasteiger charge is -2.07. The van der Waals surface area contributed by atoms with E-state index in [1.54, 1.807) is 48.5 Å². The molecule has 0 saturated heterocycles. The average molecular weight is 363 g/mol. The van der Waals surface area contributed by atoms with Crippen molar-refractivity contribution in [1.29, 1.82) is 0 Å². The van der Waals surface area contributed by atoms with Crippen LogP contribution in [0, 0.1) is 0 Å². The van der Waals surface area contributed by atoms with Crippen LogP contribution in [0.3, 0.4) is 0 Å². The Bertz CT molecular complexity index is 826. The fourth-order valence-electron chi connectivity index (χ4n) is 2.43. The molecule has 0 fully saturated rings. The summed E-state index contributed by atoms with van der Waals surface area (Å²) in [5, 5.41) is 0. The van der Waals surface area contributed by atoms with Crippen LogP contribution in [0.25, 0.3) is 11.1 Å². The first-order valence-electron chi connectivity index (χ1n) is 7.64. The highest BCUT2D eigenvalue weighted by Gasteiger charge is 2.36. The third-order valence-corrected chi connectivity index (χ3v) is 4.82. The standard InChI is InChI=1S/C19H16F3NOS/c20-19(21,22)18-17(14-4-2-1-3-5-14)10-16(25-18)12-24-15-8-6-13(11-23)7-9-15/h1-10H,11-12,23H2. The van der Waals surface area contributed by atoms with Crippen molar-refractivity contribution in [3.63, 3.8) is 0 Å². The lowest BCUT2D eigenvalue weighted by molar-refractivity contribution is -0.133. The van der Waals surface area contributed by atoms with Gasteiger partial charge in [-0.3, -0.25) is 0 Å². The van der Waals surface area contributed by atoms with Crippen LogP contribution in [0.1, 0.15) is 15.3 Å². The Morgan fingerprint density at radius 2 is 1.64 bits per heavy atom. The Morgan fingerprint density at radius 3 is 2.24 bits per heavy atom. The van der Waals surface area contributed by atoms with Crippen LogP contribution < -0.4 is 10.5 Å². The quantitative estimate of drug-likeness (QED) is 0.652. The molecule has 0 spiro atoms. The maximum absolute atomic E-state index is 13.4. The number of halogens is 3. The molecule has 0 saturated carbocycles. The normalized spacial score (nSPS) is 11.5. The zero-order chi connectivity index (χ0) is 17.9. The first kappa shape index (κ1) is 17.5. The summed E-state index contributed by atoms with van der Waals surface area (Å²) >= 11 is 0.718. The Balaban J connectivity index is 1.83. The summed E-state index contributed by atoms with van der Waals surface area (Å²) < 4.78 is 45.7. The Hall–Kier alpha value is -2.31. The second-order valence-electron chi connectivity index (χ2n) is 5.46. The molecule has 0 bridgehead atoms. The van der Waals surface area contributed by atoms with Gasteiger partial charge in [0.05, 0.1) is 0 Å². The number of nitrogens with two attached hydrogens (primary N) is 1. The zero-order valence-corrected chi connectivity index (χ0v) is 14.0. The number of rotatable bonds is 5. The van der Waals surface area contributed by atoms with Gasteiger partial charge in [-0.05, 0) is 29.3 Å². The summed E-state index contributed by atoms with van der Waals surface area (Å²) in [5.41, 5.74) is 7.24. The van der Waals surface area contributed by atoms with Crippen LogP contribution in [0.2, 0.25) is 0 Å². The van der Waals surface area contributed by atoms with E-state index in [0.29, 0.717) is 22.7 Å². The molecule has 0 atom stereocenters. The van der Waals surface area contributed by atoms with E-state index in [-0.39, 0.29) is 12.2 Å². The summed E-state index contributed by atoms with van der Waals surface area (Å²) in [7, 11) is 0. The minimum Gasteiger partial charge on any atom is -0.488 e. The van der Waals surface area contributed by atoms with Crippen LogP contribution in [0.4, 0.5) is 13.2 Å². The van der Waals surface area contributed by atoms with Crippen molar-refractivity contribution < 1.29 is 17.9 Å². The summed E-state index contributed by atoms with van der Waals surface area (Å²) in [5.74, 6) is 0.598. The molecule has 3 rings (SSSR count). The van der Waals surface area contributed by atoms with Crippen LogP contribution >= 0.6 is 11.3 Å². The van der Waals surface area contributed by atoms with Crippen molar-refractivity contribution in [3.8, 4) is 16.9 Å². The molecule has 2 aromatic carbocycles. The van der Waals surface area contributed by atoms with Crippen LogP contribution in [0.5, 0.6) is 5.75 Å². The SMILES string of the molecule is NCc1ccc(OCc2cc(-c3ccccc3)c(C(F)(F)F)s2)cc1. The van der Waals surface area contributed by atoms with Gasteiger partial charge in [0.15, 0.2) is 0 Å². The molecule has 0 aliphatic rings. The molecule has 3 aromatic rings. The van der Waals surface area contributed by atoms with Gasteiger partial charge in [-0.25, -0.2) is 0 Å². The molecular formula is C19H16F3NOS. The monoisotopic (exact) mass is 363 g/mol. The van der Waals surface area contributed by atoms with E-state index in [9.17, 15) is 13.2 Å². The minimum atomic E-state index is -4.39. The largest absolute Gasteiger partial charge is 0.488 e. The first-order valence-corrected chi connectivity index (χ1v) is 8.46. The van der Waals surface area contributed by atoms with Crippen LogP contribution in [-0.4, -0.2) is 0 Å². The van der Waals surface area contributed by atoms with Crippen molar-refractivity contribution in [2.45, 2.75) is 19.3 Å². The van der Waals surface area contributed by atoms with Gasteiger partial charge in [-0.15, -0.1) is 11.3 Å². The van der Waals surface area contributed by atoms with E-state index in [0.717, 1.165) is 16.9 Å². The Morgan fingerprint density at radius 1 is 0.960 bits per heavy atom. The summed E-state index contributed by atoms with van der Waals surface area (Å²) in [6, 6.07) is 17.3. The fourth-order valence-corrected chi connectivity index (χ4v) is 3.39. The van der Waals surface area contributed by atoms with E-state index in [1.807, 2.05) is 12.1 Å². The zero-order valence-electron chi connectivity index (χ0n) is 13.2. The van der Waals surface area contributed by atoms with Gasteiger partial charge in [0, 0.05) is 17.0 Å². The fraction of sp³-hybridized carbons (Fsp3) is 0.158. The van der Waals surface area contributed by atoms with Crippen LogP contribution in [0.15, 0.2) is 60.7 Å². The van der Waals surface area contributed by atoms with Gasteiger partial charge in [0.1, 0.15) is 17.2 Å². The van der Waals surface area contributed by atoms with Gasteiger partial charge in [0.2, 0.25) is 0 Å². The maximum Gasteiger partial charge on any atom is 0.426 e. The minimum absolute atomic E-state index is 0.0859. The van der Waals surface area contributed by atoms with Crippen molar-refractivity contribution in [2.75, 3.05) is 0 Å². The molecule has 2 N–H and O–H groups in total. The van der Waals surface area contributed by atoms with Crippen molar-refractivity contribution in [1.82, 2.24) is 0 Å². The number of ether oxygens (including phenoxy) is 1. The highest BCUT2D eigenvalue weighted by molar-refractivity contribution is 7.12. The Labute approximate surface area is 147 Å². The van der Waals surface area contributed by atoms with Crippen molar-refractivity contribution in [3.05, 3.63) is 76.0 Å². The van der Waals surface area contributed by atoms with E-state index in [1.165, 1.54) is 0 Å². The molecule has 0 unspecified atom stereocenters. The molecular weight excluding hydrogens is 347 g/mol. The second-order valence-corrected chi connectivity index (χ2v) is 6.59. The predicted octanol–water partition coefficient (Wildman–Crippen LogP) is 5.47. The summed E-state index contributed by atoms with van der Waals surface area (Å²) in [6.07, 6.45) is -4.39. The Kier molecular flexibility index (Phi) is 5.11. The molecule has 1 aromatic heterocycles. The molecule has 130 valence electrons. The van der Waals surface area contributed by atoms with Crippen molar-refractivity contribution in [2.24, 2.45) is 5.73 Å². The summed E-state index contributed by atoms with van der Waals surface area (Å²) in [4.78, 5) is -0.0788. The third-order valence-electron chi connectivity index (χ3n) is 3.67. The lowest BCUT2D eigenvalue weighted by Crippen LogP contribution is -2.03. The van der Waals surface area contributed by atoms with Gasteiger partial charge < -0.3 is 10.5 Å². The molecule has 0 amide bonds. The van der Waals surface area contributed by atoms with Gasteiger partial charge >= 0.3 is 6.18 Å². The van der Waals surface area contributed by atoms with Crippen molar-refractivity contribution >= 4 is 11.3 Å². The number of thiophene rings is 1. The topological polar surface area (TPSA) is 35.2 Å². The van der Waals surface area contributed by atoms with E-state index >= 15 is 0 Å². The molecule has 0 aliphatic carbocycles. The van der Waals surface area contributed by atoms with Crippen LogP contribution in [-0.2, 0) is 19.3 Å². The molecule has 2 nitrogen and oxygen atoms in total. The lowest BCUT2D eigenvalue weighted by atomic mass is 10.1. The smallest absolute Gasteiger partial charge is 0.426 e.